The van der Waals surface area contributed by atoms with E-state index >= 15 is 0 Å². The molecule has 2 aliphatic rings. The number of ether oxygens (including phenoxy) is 1. The second-order valence-corrected chi connectivity index (χ2v) is 7.00. The van der Waals surface area contributed by atoms with Gasteiger partial charge < -0.3 is 14.6 Å². The number of aromatic nitrogens is 2. The minimum atomic E-state index is -0.0431. The average molecular weight is 325 g/mol. The zero-order valence-electron chi connectivity index (χ0n) is 14.4. The summed E-state index contributed by atoms with van der Waals surface area (Å²) in [5.41, 5.74) is 2.82. The standard InChI is InChI=1S/C19H23N3O2/c1-11-9-22-10-14(7-8-17(22)20-11)21-19(23)16-6-4-5-15-12(2)13(3)24-18(15)16/h4-6,9,12-14H,7-8,10H2,1-3H3,(H,21,23). The number of nitrogens with one attached hydrogen (secondary N) is 1. The number of fused-ring (bicyclic) bond motifs is 2. The first-order valence-electron chi connectivity index (χ1n) is 8.66. The van der Waals surface area contributed by atoms with E-state index in [-0.39, 0.29) is 18.1 Å². The Morgan fingerprint density at radius 3 is 3.04 bits per heavy atom. The van der Waals surface area contributed by atoms with Gasteiger partial charge in [-0.15, -0.1) is 0 Å². The lowest BCUT2D eigenvalue weighted by atomic mass is 9.96. The smallest absolute Gasteiger partial charge is 0.255 e. The molecule has 24 heavy (non-hydrogen) atoms. The Labute approximate surface area is 142 Å². The van der Waals surface area contributed by atoms with Gasteiger partial charge in [0.2, 0.25) is 0 Å². The molecule has 3 atom stereocenters. The molecule has 1 aromatic carbocycles. The van der Waals surface area contributed by atoms with E-state index in [4.69, 9.17) is 4.74 Å². The quantitative estimate of drug-likeness (QED) is 0.924. The van der Waals surface area contributed by atoms with Crippen LogP contribution in [-0.4, -0.2) is 27.6 Å². The Balaban J connectivity index is 1.52. The molecule has 0 spiro atoms. The minimum absolute atomic E-state index is 0.0431. The maximum Gasteiger partial charge on any atom is 0.255 e. The number of carbonyl (C=O) groups is 1. The maximum atomic E-state index is 12.8. The summed E-state index contributed by atoms with van der Waals surface area (Å²) in [6.45, 7) is 6.98. The molecule has 5 heteroatoms. The number of para-hydroxylation sites is 1. The summed E-state index contributed by atoms with van der Waals surface area (Å²) >= 11 is 0. The molecule has 4 rings (SSSR count). The van der Waals surface area contributed by atoms with Crippen molar-refractivity contribution < 1.29 is 9.53 Å². The Bertz CT molecular complexity index is 796. The molecule has 3 heterocycles. The van der Waals surface area contributed by atoms with Crippen molar-refractivity contribution in [3.8, 4) is 5.75 Å². The van der Waals surface area contributed by atoms with Gasteiger partial charge in [0.1, 0.15) is 17.7 Å². The molecule has 126 valence electrons. The molecule has 0 radical (unpaired) electrons. The highest BCUT2D eigenvalue weighted by atomic mass is 16.5. The fraction of sp³-hybridized carbons (Fsp3) is 0.474. The molecular weight excluding hydrogens is 302 g/mol. The molecule has 5 nitrogen and oxygen atoms in total. The van der Waals surface area contributed by atoms with Crippen molar-refractivity contribution in [1.29, 1.82) is 0 Å². The highest BCUT2D eigenvalue weighted by molar-refractivity contribution is 5.97. The molecule has 1 N–H and O–H groups in total. The molecular formula is C19H23N3O2. The second kappa shape index (κ2) is 5.65. The molecule has 1 amide bonds. The number of aryl methyl sites for hydroxylation is 2. The number of rotatable bonds is 2. The van der Waals surface area contributed by atoms with Crippen LogP contribution in [0.2, 0.25) is 0 Å². The van der Waals surface area contributed by atoms with Crippen LogP contribution in [0.15, 0.2) is 24.4 Å². The topological polar surface area (TPSA) is 56.2 Å². The van der Waals surface area contributed by atoms with E-state index in [1.165, 1.54) is 0 Å². The van der Waals surface area contributed by atoms with Gasteiger partial charge >= 0.3 is 0 Å². The third kappa shape index (κ3) is 2.48. The first-order valence-corrected chi connectivity index (χ1v) is 8.66. The molecule has 0 saturated carbocycles. The lowest BCUT2D eigenvalue weighted by Gasteiger charge is -2.25. The van der Waals surface area contributed by atoms with Gasteiger partial charge in [0, 0.05) is 36.7 Å². The summed E-state index contributed by atoms with van der Waals surface area (Å²) in [6, 6.07) is 5.99. The third-order valence-corrected chi connectivity index (χ3v) is 5.24. The summed E-state index contributed by atoms with van der Waals surface area (Å²) in [5, 5.41) is 3.18. The van der Waals surface area contributed by atoms with Crippen LogP contribution >= 0.6 is 0 Å². The van der Waals surface area contributed by atoms with Crippen LogP contribution in [-0.2, 0) is 13.0 Å². The highest BCUT2D eigenvalue weighted by Crippen LogP contribution is 2.40. The molecule has 1 aromatic heterocycles. The van der Waals surface area contributed by atoms with Crippen molar-refractivity contribution in [1.82, 2.24) is 14.9 Å². The van der Waals surface area contributed by atoms with Crippen molar-refractivity contribution >= 4 is 5.91 Å². The Morgan fingerprint density at radius 1 is 1.38 bits per heavy atom. The van der Waals surface area contributed by atoms with Gasteiger partial charge in [0.05, 0.1) is 11.3 Å². The highest BCUT2D eigenvalue weighted by Gasteiger charge is 2.32. The SMILES string of the molecule is Cc1cn2c(n1)CCC(NC(=O)c1cccc3c1OC(C)C3C)C2. The van der Waals surface area contributed by atoms with E-state index in [0.29, 0.717) is 11.5 Å². The average Bonchev–Trinajstić information content (AvgIpc) is 3.06. The van der Waals surface area contributed by atoms with E-state index in [1.54, 1.807) is 0 Å². The molecule has 0 aliphatic carbocycles. The molecule has 0 saturated heterocycles. The van der Waals surface area contributed by atoms with Crippen molar-refractivity contribution in [2.45, 2.75) is 58.2 Å². The summed E-state index contributed by atoms with van der Waals surface area (Å²) in [5.74, 6) is 2.15. The molecule has 3 unspecified atom stereocenters. The zero-order valence-corrected chi connectivity index (χ0v) is 14.4. The van der Waals surface area contributed by atoms with Gasteiger partial charge in [-0.2, -0.15) is 0 Å². The van der Waals surface area contributed by atoms with Crippen molar-refractivity contribution in [3.05, 3.63) is 47.0 Å². The van der Waals surface area contributed by atoms with Crippen LogP contribution in [0.1, 0.15) is 53.6 Å². The maximum absolute atomic E-state index is 12.8. The van der Waals surface area contributed by atoms with E-state index in [9.17, 15) is 4.79 Å². The van der Waals surface area contributed by atoms with Gasteiger partial charge in [0.25, 0.3) is 5.91 Å². The summed E-state index contributed by atoms with van der Waals surface area (Å²) in [4.78, 5) is 17.3. The van der Waals surface area contributed by atoms with E-state index in [1.807, 2.05) is 19.1 Å². The number of nitrogens with zero attached hydrogens (tertiary/aromatic N) is 2. The molecule has 2 aliphatic heterocycles. The van der Waals surface area contributed by atoms with E-state index < -0.39 is 0 Å². The van der Waals surface area contributed by atoms with Crippen molar-refractivity contribution in [2.24, 2.45) is 0 Å². The van der Waals surface area contributed by atoms with Crippen LogP contribution in [0, 0.1) is 6.92 Å². The van der Waals surface area contributed by atoms with Crippen LogP contribution < -0.4 is 10.1 Å². The fourth-order valence-electron chi connectivity index (χ4n) is 3.73. The largest absolute Gasteiger partial charge is 0.489 e. The fourth-order valence-corrected chi connectivity index (χ4v) is 3.73. The van der Waals surface area contributed by atoms with Gasteiger partial charge in [-0.1, -0.05) is 19.1 Å². The van der Waals surface area contributed by atoms with Crippen LogP contribution in [0.25, 0.3) is 0 Å². The van der Waals surface area contributed by atoms with Gasteiger partial charge in [-0.05, 0) is 26.3 Å². The Morgan fingerprint density at radius 2 is 2.21 bits per heavy atom. The number of imidazole rings is 1. The Kier molecular flexibility index (Phi) is 3.59. The number of hydrogen-bond acceptors (Lipinski definition) is 3. The number of hydrogen-bond donors (Lipinski definition) is 1. The molecule has 2 aromatic rings. The monoisotopic (exact) mass is 325 g/mol. The lowest BCUT2D eigenvalue weighted by molar-refractivity contribution is 0.0922. The normalized spacial score (nSPS) is 24.9. The summed E-state index contributed by atoms with van der Waals surface area (Å²) in [6.07, 6.45) is 3.99. The van der Waals surface area contributed by atoms with Gasteiger partial charge in [-0.3, -0.25) is 4.79 Å². The number of amides is 1. The van der Waals surface area contributed by atoms with Crippen molar-refractivity contribution in [3.63, 3.8) is 0 Å². The van der Waals surface area contributed by atoms with Crippen LogP contribution in [0.4, 0.5) is 0 Å². The van der Waals surface area contributed by atoms with Crippen molar-refractivity contribution in [2.75, 3.05) is 0 Å². The van der Waals surface area contributed by atoms with E-state index in [2.05, 4.69) is 41.0 Å². The van der Waals surface area contributed by atoms with Crippen LogP contribution in [0.3, 0.4) is 0 Å². The second-order valence-electron chi connectivity index (χ2n) is 7.00. The minimum Gasteiger partial charge on any atom is -0.489 e. The van der Waals surface area contributed by atoms with E-state index in [0.717, 1.165) is 42.2 Å². The Hall–Kier alpha value is -2.30. The lowest BCUT2D eigenvalue weighted by Crippen LogP contribution is -2.41. The summed E-state index contributed by atoms with van der Waals surface area (Å²) < 4.78 is 8.10. The molecule has 0 fully saturated rings. The number of carbonyl (C=O) groups excluding carboxylic acids is 1. The predicted molar refractivity (Wildman–Crippen MR) is 91.5 cm³/mol. The zero-order chi connectivity index (χ0) is 16.8. The van der Waals surface area contributed by atoms with Gasteiger partial charge in [0.15, 0.2) is 0 Å². The predicted octanol–water partition coefficient (Wildman–Crippen LogP) is 2.82. The first kappa shape index (κ1) is 15.2. The van der Waals surface area contributed by atoms with Crippen LogP contribution in [0.5, 0.6) is 5.75 Å². The third-order valence-electron chi connectivity index (χ3n) is 5.24. The first-order chi connectivity index (χ1) is 11.5. The number of benzene rings is 1. The molecule has 0 bridgehead atoms. The van der Waals surface area contributed by atoms with Gasteiger partial charge in [-0.25, -0.2) is 4.98 Å². The summed E-state index contributed by atoms with van der Waals surface area (Å²) in [7, 11) is 0.